The lowest BCUT2D eigenvalue weighted by Crippen LogP contribution is -2.23. The molecular formula is C15H23F3N2. The predicted octanol–water partition coefficient (Wildman–Crippen LogP) is 4.97. The summed E-state index contributed by atoms with van der Waals surface area (Å²) in [5.74, 6) is 1.07. The Kier molecular flexibility index (Phi) is 5.84. The zero-order valence-corrected chi connectivity index (χ0v) is 12.5. The molecule has 0 spiro atoms. The molecule has 0 amide bonds. The second-order valence-corrected chi connectivity index (χ2v) is 6.03. The van der Waals surface area contributed by atoms with Crippen molar-refractivity contribution in [2.45, 2.75) is 52.8 Å². The lowest BCUT2D eigenvalue weighted by atomic mass is 9.95. The summed E-state index contributed by atoms with van der Waals surface area (Å²) in [6.07, 6.45) is -1.15. The standard InChI is InChI=1S/C15H23F3N2/c1-10(2)7-13(8-11(3)4)20-12-5-6-14(19-9-12)15(16,17)18/h5-6,9-11,13,20H,7-8H2,1-4H3. The maximum absolute atomic E-state index is 12.4. The number of nitrogens with one attached hydrogen (secondary N) is 1. The van der Waals surface area contributed by atoms with Crippen molar-refractivity contribution in [2.24, 2.45) is 11.8 Å². The van der Waals surface area contributed by atoms with Gasteiger partial charge in [0, 0.05) is 6.04 Å². The summed E-state index contributed by atoms with van der Waals surface area (Å²) >= 11 is 0. The van der Waals surface area contributed by atoms with Crippen LogP contribution in [0.4, 0.5) is 18.9 Å². The van der Waals surface area contributed by atoms with Gasteiger partial charge in [0.2, 0.25) is 0 Å². The van der Waals surface area contributed by atoms with E-state index in [9.17, 15) is 13.2 Å². The van der Waals surface area contributed by atoms with Crippen molar-refractivity contribution in [2.75, 3.05) is 5.32 Å². The molecule has 0 aliphatic carbocycles. The average Bonchev–Trinajstić information content (AvgIpc) is 2.26. The van der Waals surface area contributed by atoms with Crippen molar-refractivity contribution in [3.63, 3.8) is 0 Å². The van der Waals surface area contributed by atoms with Crippen LogP contribution in [0.2, 0.25) is 0 Å². The van der Waals surface area contributed by atoms with Gasteiger partial charge < -0.3 is 5.32 Å². The van der Waals surface area contributed by atoms with Gasteiger partial charge in [-0.3, -0.25) is 0 Å². The highest BCUT2D eigenvalue weighted by Crippen LogP contribution is 2.28. The van der Waals surface area contributed by atoms with E-state index in [1.165, 1.54) is 12.3 Å². The van der Waals surface area contributed by atoms with E-state index in [1.807, 2.05) is 0 Å². The molecule has 0 aromatic carbocycles. The van der Waals surface area contributed by atoms with Crippen LogP contribution in [-0.4, -0.2) is 11.0 Å². The van der Waals surface area contributed by atoms with Crippen molar-refractivity contribution in [3.05, 3.63) is 24.0 Å². The molecule has 0 aliphatic rings. The van der Waals surface area contributed by atoms with E-state index in [0.717, 1.165) is 18.9 Å². The highest BCUT2D eigenvalue weighted by atomic mass is 19.4. The van der Waals surface area contributed by atoms with Gasteiger partial charge in [0.1, 0.15) is 5.69 Å². The number of pyridine rings is 1. The molecule has 5 heteroatoms. The first kappa shape index (κ1) is 16.8. The van der Waals surface area contributed by atoms with Gasteiger partial charge in [-0.15, -0.1) is 0 Å². The molecular weight excluding hydrogens is 265 g/mol. The molecule has 0 atom stereocenters. The maximum Gasteiger partial charge on any atom is 0.433 e. The number of halogens is 3. The fourth-order valence-electron chi connectivity index (χ4n) is 2.23. The third-order valence-electron chi connectivity index (χ3n) is 2.94. The number of nitrogens with zero attached hydrogens (tertiary/aromatic N) is 1. The first-order chi connectivity index (χ1) is 9.18. The minimum Gasteiger partial charge on any atom is -0.381 e. The van der Waals surface area contributed by atoms with Gasteiger partial charge >= 0.3 is 6.18 Å². The van der Waals surface area contributed by atoms with E-state index < -0.39 is 11.9 Å². The molecule has 1 N–H and O–H groups in total. The maximum atomic E-state index is 12.4. The van der Waals surface area contributed by atoms with Crippen LogP contribution in [0.3, 0.4) is 0 Å². The zero-order chi connectivity index (χ0) is 15.3. The largest absolute Gasteiger partial charge is 0.433 e. The summed E-state index contributed by atoms with van der Waals surface area (Å²) in [5.41, 5.74) is -0.211. The van der Waals surface area contributed by atoms with Crippen LogP contribution in [0.1, 0.15) is 46.2 Å². The predicted molar refractivity (Wildman–Crippen MR) is 75.6 cm³/mol. The third kappa shape index (κ3) is 5.80. The minimum absolute atomic E-state index is 0.258. The highest BCUT2D eigenvalue weighted by Gasteiger charge is 2.32. The summed E-state index contributed by atoms with van der Waals surface area (Å²) in [4.78, 5) is 3.47. The van der Waals surface area contributed by atoms with Gasteiger partial charge in [0.15, 0.2) is 0 Å². The molecule has 1 heterocycles. The van der Waals surface area contributed by atoms with Gasteiger partial charge in [-0.25, -0.2) is 4.98 Å². The normalized spacial score (nSPS) is 12.5. The summed E-state index contributed by atoms with van der Waals surface area (Å²) in [7, 11) is 0. The van der Waals surface area contributed by atoms with Crippen molar-refractivity contribution >= 4 is 5.69 Å². The van der Waals surface area contributed by atoms with Crippen molar-refractivity contribution < 1.29 is 13.2 Å². The molecule has 0 saturated heterocycles. The number of hydrogen-bond donors (Lipinski definition) is 1. The molecule has 2 nitrogen and oxygen atoms in total. The van der Waals surface area contributed by atoms with Gasteiger partial charge in [0.25, 0.3) is 0 Å². The van der Waals surface area contributed by atoms with Crippen LogP contribution in [0.5, 0.6) is 0 Å². The van der Waals surface area contributed by atoms with E-state index in [1.54, 1.807) is 0 Å². The minimum atomic E-state index is -4.38. The fourth-order valence-corrected chi connectivity index (χ4v) is 2.23. The SMILES string of the molecule is CC(C)CC(CC(C)C)Nc1ccc(C(F)(F)F)nc1. The molecule has 0 aliphatic heterocycles. The Bertz CT molecular complexity index is 387. The van der Waals surface area contributed by atoms with Crippen LogP contribution in [0, 0.1) is 11.8 Å². The monoisotopic (exact) mass is 288 g/mol. The lowest BCUT2D eigenvalue weighted by Gasteiger charge is -2.23. The number of alkyl halides is 3. The molecule has 0 fully saturated rings. The highest BCUT2D eigenvalue weighted by molar-refractivity contribution is 5.42. The smallest absolute Gasteiger partial charge is 0.381 e. The third-order valence-corrected chi connectivity index (χ3v) is 2.94. The molecule has 1 aromatic heterocycles. The summed E-state index contributed by atoms with van der Waals surface area (Å²) in [6, 6.07) is 2.72. The van der Waals surface area contributed by atoms with Crippen molar-refractivity contribution in [1.82, 2.24) is 4.98 Å². The number of aromatic nitrogens is 1. The second kappa shape index (κ2) is 6.95. The quantitative estimate of drug-likeness (QED) is 0.799. The molecule has 1 aromatic rings. The number of hydrogen-bond acceptors (Lipinski definition) is 2. The van der Waals surface area contributed by atoms with Crippen molar-refractivity contribution in [3.8, 4) is 0 Å². The summed E-state index contributed by atoms with van der Waals surface area (Å²) in [5, 5.41) is 3.29. The molecule has 20 heavy (non-hydrogen) atoms. The van der Waals surface area contributed by atoms with Gasteiger partial charge in [0.05, 0.1) is 11.9 Å². The molecule has 0 saturated carbocycles. The van der Waals surface area contributed by atoms with E-state index in [0.29, 0.717) is 17.5 Å². The number of rotatable bonds is 6. The topological polar surface area (TPSA) is 24.9 Å². The first-order valence-electron chi connectivity index (χ1n) is 6.98. The average molecular weight is 288 g/mol. The summed E-state index contributed by atoms with van der Waals surface area (Å²) in [6.45, 7) is 8.56. The van der Waals surface area contributed by atoms with Gasteiger partial charge in [-0.05, 0) is 36.8 Å². The fraction of sp³-hybridized carbons (Fsp3) is 0.667. The Hall–Kier alpha value is -1.26. The molecule has 1 rings (SSSR count). The first-order valence-corrected chi connectivity index (χ1v) is 6.98. The molecule has 114 valence electrons. The van der Waals surface area contributed by atoms with E-state index in [-0.39, 0.29) is 6.04 Å². The Morgan fingerprint density at radius 1 is 1.05 bits per heavy atom. The Labute approximate surface area is 118 Å². The van der Waals surface area contributed by atoms with E-state index >= 15 is 0 Å². The Morgan fingerprint density at radius 2 is 1.60 bits per heavy atom. The summed E-state index contributed by atoms with van der Waals surface area (Å²) < 4.78 is 37.3. The molecule has 0 unspecified atom stereocenters. The Morgan fingerprint density at radius 3 is 1.95 bits per heavy atom. The van der Waals surface area contributed by atoms with Gasteiger partial charge in [-0.1, -0.05) is 27.7 Å². The molecule has 0 bridgehead atoms. The van der Waals surface area contributed by atoms with Crippen LogP contribution < -0.4 is 5.32 Å². The van der Waals surface area contributed by atoms with Crippen LogP contribution in [-0.2, 0) is 6.18 Å². The second-order valence-electron chi connectivity index (χ2n) is 6.03. The van der Waals surface area contributed by atoms with E-state index in [2.05, 4.69) is 38.0 Å². The van der Waals surface area contributed by atoms with Crippen molar-refractivity contribution in [1.29, 1.82) is 0 Å². The molecule has 0 radical (unpaired) electrons. The van der Waals surface area contributed by atoms with Crippen LogP contribution in [0.25, 0.3) is 0 Å². The zero-order valence-electron chi connectivity index (χ0n) is 12.5. The van der Waals surface area contributed by atoms with Crippen LogP contribution >= 0.6 is 0 Å². The Balaban J connectivity index is 2.73. The number of anilines is 1. The lowest BCUT2D eigenvalue weighted by molar-refractivity contribution is -0.141. The van der Waals surface area contributed by atoms with Crippen LogP contribution in [0.15, 0.2) is 18.3 Å². The van der Waals surface area contributed by atoms with E-state index in [4.69, 9.17) is 0 Å². The van der Waals surface area contributed by atoms with Gasteiger partial charge in [-0.2, -0.15) is 13.2 Å².